The minimum Gasteiger partial charge on any atom is -0.309 e. The molecular weight excluding hydrogens is 633 g/mol. The second-order valence-electron chi connectivity index (χ2n) is 14.1. The van der Waals surface area contributed by atoms with Crippen molar-refractivity contribution in [3.8, 4) is 62.1 Å². The van der Waals surface area contributed by atoms with Crippen molar-refractivity contribution in [3.05, 3.63) is 181 Å². The van der Waals surface area contributed by atoms with Gasteiger partial charge in [-0.2, -0.15) is 0 Å². The molecule has 0 spiro atoms. The molecule has 0 saturated carbocycles. The number of fused-ring (bicyclic) bond motifs is 6. The highest BCUT2D eigenvalue weighted by Gasteiger charge is 2.36. The molecule has 0 N–H and O–H groups in total. The van der Waals surface area contributed by atoms with Gasteiger partial charge in [0.25, 0.3) is 0 Å². The maximum Gasteiger partial charge on any atom is 0.164 e. The molecule has 0 bridgehead atoms. The first-order valence-electron chi connectivity index (χ1n) is 17.8. The lowest BCUT2D eigenvalue weighted by molar-refractivity contribution is 0.661. The average Bonchev–Trinajstić information content (AvgIpc) is 3.65. The van der Waals surface area contributed by atoms with Gasteiger partial charge in [0.05, 0.1) is 11.0 Å². The molecule has 246 valence electrons. The van der Waals surface area contributed by atoms with Crippen molar-refractivity contribution in [2.75, 3.05) is 0 Å². The maximum absolute atomic E-state index is 5.14. The molecule has 9 aromatic rings. The Bertz CT molecular complexity index is 2810. The minimum atomic E-state index is -0.0727. The van der Waals surface area contributed by atoms with E-state index >= 15 is 0 Å². The van der Waals surface area contributed by atoms with Crippen LogP contribution < -0.4 is 0 Å². The molecule has 0 saturated heterocycles. The Balaban J connectivity index is 1.16. The molecular formula is C48H34N4. The monoisotopic (exact) mass is 666 g/mol. The molecule has 1 aliphatic rings. The first kappa shape index (κ1) is 30.2. The van der Waals surface area contributed by atoms with Crippen LogP contribution in [0, 0.1) is 0 Å². The normalized spacial score (nSPS) is 13.0. The third-order valence-electron chi connectivity index (χ3n) is 10.6. The molecule has 4 heteroatoms. The predicted octanol–water partition coefficient (Wildman–Crippen LogP) is 11.9. The third-order valence-corrected chi connectivity index (χ3v) is 10.6. The van der Waals surface area contributed by atoms with Gasteiger partial charge in [0.1, 0.15) is 0 Å². The van der Waals surface area contributed by atoms with E-state index in [2.05, 4.69) is 164 Å². The van der Waals surface area contributed by atoms with Crippen LogP contribution in [0.15, 0.2) is 170 Å². The highest BCUT2D eigenvalue weighted by molar-refractivity contribution is 6.11. The van der Waals surface area contributed by atoms with Gasteiger partial charge >= 0.3 is 0 Å². The molecule has 0 unspecified atom stereocenters. The van der Waals surface area contributed by atoms with E-state index < -0.39 is 0 Å². The minimum absolute atomic E-state index is 0.0727. The van der Waals surface area contributed by atoms with Crippen molar-refractivity contribution >= 4 is 21.8 Å². The van der Waals surface area contributed by atoms with Crippen molar-refractivity contribution in [1.29, 1.82) is 0 Å². The number of hydrogen-bond donors (Lipinski definition) is 0. The van der Waals surface area contributed by atoms with Crippen molar-refractivity contribution in [2.24, 2.45) is 0 Å². The molecule has 2 heterocycles. The van der Waals surface area contributed by atoms with Crippen LogP contribution >= 0.6 is 0 Å². The summed E-state index contributed by atoms with van der Waals surface area (Å²) >= 11 is 0. The van der Waals surface area contributed by atoms with Crippen LogP contribution in [0.2, 0.25) is 0 Å². The van der Waals surface area contributed by atoms with E-state index in [1.54, 1.807) is 0 Å². The smallest absolute Gasteiger partial charge is 0.164 e. The molecule has 2 aromatic heterocycles. The van der Waals surface area contributed by atoms with Gasteiger partial charge < -0.3 is 4.57 Å². The number of rotatable bonds is 5. The van der Waals surface area contributed by atoms with Gasteiger partial charge in [0.15, 0.2) is 17.5 Å². The first-order chi connectivity index (χ1) is 25.5. The summed E-state index contributed by atoms with van der Waals surface area (Å²) in [6.07, 6.45) is 0. The summed E-state index contributed by atoms with van der Waals surface area (Å²) < 4.78 is 2.39. The van der Waals surface area contributed by atoms with E-state index in [1.807, 2.05) is 24.3 Å². The van der Waals surface area contributed by atoms with Crippen LogP contribution in [0.25, 0.3) is 83.9 Å². The number of benzene rings is 7. The fourth-order valence-electron chi connectivity index (χ4n) is 8.04. The zero-order chi connectivity index (χ0) is 34.8. The lowest BCUT2D eigenvalue weighted by Gasteiger charge is -2.21. The lowest BCUT2D eigenvalue weighted by atomic mass is 9.82. The van der Waals surface area contributed by atoms with Gasteiger partial charge in [-0.25, -0.2) is 15.0 Å². The summed E-state index contributed by atoms with van der Waals surface area (Å²) in [5.41, 5.74) is 13.8. The number of nitrogens with zero attached hydrogens (tertiary/aromatic N) is 4. The van der Waals surface area contributed by atoms with Gasteiger partial charge in [-0.05, 0) is 69.8 Å². The van der Waals surface area contributed by atoms with Crippen LogP contribution in [0.4, 0.5) is 0 Å². The Labute approximate surface area is 302 Å². The highest BCUT2D eigenvalue weighted by atomic mass is 15.0. The van der Waals surface area contributed by atoms with Gasteiger partial charge in [-0.1, -0.05) is 147 Å². The largest absolute Gasteiger partial charge is 0.309 e. The number of aromatic nitrogens is 4. The van der Waals surface area contributed by atoms with E-state index in [-0.39, 0.29) is 5.41 Å². The van der Waals surface area contributed by atoms with Crippen molar-refractivity contribution in [2.45, 2.75) is 19.3 Å². The molecule has 7 aromatic carbocycles. The second kappa shape index (κ2) is 11.7. The molecule has 10 rings (SSSR count). The topological polar surface area (TPSA) is 43.6 Å². The molecule has 0 fully saturated rings. The molecule has 0 atom stereocenters. The molecule has 0 amide bonds. The number of para-hydroxylation sites is 1. The van der Waals surface area contributed by atoms with E-state index in [9.17, 15) is 0 Å². The Morgan fingerprint density at radius 3 is 1.73 bits per heavy atom. The SMILES string of the molecule is CC1(C)c2ccccc2-c2cc3c(cc21)c1ccccc1n3-c1cccc(-c2nc(-c3ccccc3)nc(-c3cccc(-c4ccccc4)c3)n2)c1. The molecule has 0 aliphatic heterocycles. The fraction of sp³-hybridized carbons (Fsp3) is 0.0625. The molecule has 4 nitrogen and oxygen atoms in total. The summed E-state index contributed by atoms with van der Waals surface area (Å²) in [4.78, 5) is 15.2. The molecule has 1 aliphatic carbocycles. The lowest BCUT2D eigenvalue weighted by Crippen LogP contribution is -2.14. The van der Waals surface area contributed by atoms with Gasteiger partial charge in [-0.15, -0.1) is 0 Å². The Hall–Kier alpha value is -6.65. The molecule has 0 radical (unpaired) electrons. The van der Waals surface area contributed by atoms with Crippen LogP contribution in [0.1, 0.15) is 25.0 Å². The average molecular weight is 667 g/mol. The van der Waals surface area contributed by atoms with Crippen LogP contribution in [0.5, 0.6) is 0 Å². The van der Waals surface area contributed by atoms with Crippen molar-refractivity contribution in [1.82, 2.24) is 19.5 Å². The Kier molecular flexibility index (Phi) is 6.80. The van der Waals surface area contributed by atoms with Gasteiger partial charge in [-0.3, -0.25) is 0 Å². The van der Waals surface area contributed by atoms with E-state index in [0.29, 0.717) is 17.5 Å². The number of hydrogen-bond acceptors (Lipinski definition) is 3. The van der Waals surface area contributed by atoms with Gasteiger partial charge in [0.2, 0.25) is 0 Å². The summed E-state index contributed by atoms with van der Waals surface area (Å²) in [6, 6.07) is 60.0. The van der Waals surface area contributed by atoms with Crippen molar-refractivity contribution in [3.63, 3.8) is 0 Å². The van der Waals surface area contributed by atoms with Crippen LogP contribution in [-0.4, -0.2) is 19.5 Å². The van der Waals surface area contributed by atoms with Crippen molar-refractivity contribution < 1.29 is 0 Å². The van der Waals surface area contributed by atoms with E-state index in [4.69, 9.17) is 15.0 Å². The second-order valence-corrected chi connectivity index (χ2v) is 14.1. The molecule has 52 heavy (non-hydrogen) atoms. The maximum atomic E-state index is 5.14. The summed E-state index contributed by atoms with van der Waals surface area (Å²) in [5, 5.41) is 2.50. The standard InChI is InChI=1S/C48H34N4/c1-48(2)41-25-11-9-23-37(41)39-30-44-40(29-42(39)48)38-24-10-12-26-43(38)52(44)36-22-14-21-35(28-36)47-50-45(32-17-7-4-8-18-32)49-46(51-47)34-20-13-19-33(27-34)31-15-5-3-6-16-31/h3-30H,1-2H3. The van der Waals surface area contributed by atoms with Gasteiger partial charge in [0, 0.05) is 38.6 Å². The zero-order valence-corrected chi connectivity index (χ0v) is 29.0. The first-order valence-corrected chi connectivity index (χ1v) is 17.8. The Morgan fingerprint density at radius 2 is 0.962 bits per heavy atom. The van der Waals surface area contributed by atoms with E-state index in [1.165, 1.54) is 44.1 Å². The summed E-state index contributed by atoms with van der Waals surface area (Å²) in [5.74, 6) is 1.92. The van der Waals surface area contributed by atoms with Crippen LogP contribution in [-0.2, 0) is 5.41 Å². The highest BCUT2D eigenvalue weighted by Crippen LogP contribution is 2.51. The summed E-state index contributed by atoms with van der Waals surface area (Å²) in [7, 11) is 0. The zero-order valence-electron chi connectivity index (χ0n) is 29.0. The summed E-state index contributed by atoms with van der Waals surface area (Å²) in [6.45, 7) is 4.69. The van der Waals surface area contributed by atoms with Crippen LogP contribution in [0.3, 0.4) is 0 Å². The third kappa shape index (κ3) is 4.79. The van der Waals surface area contributed by atoms with E-state index in [0.717, 1.165) is 33.5 Å². The predicted molar refractivity (Wildman–Crippen MR) is 213 cm³/mol. The quantitative estimate of drug-likeness (QED) is 0.184. The fourth-order valence-corrected chi connectivity index (χ4v) is 8.04. The Morgan fingerprint density at radius 1 is 0.385 bits per heavy atom.